The molecule has 0 aliphatic carbocycles. The van der Waals surface area contributed by atoms with E-state index in [0.29, 0.717) is 13.1 Å². The van der Waals surface area contributed by atoms with Crippen molar-refractivity contribution in [1.29, 1.82) is 0 Å². The van der Waals surface area contributed by atoms with E-state index in [1.54, 1.807) is 16.2 Å². The second-order valence-corrected chi connectivity index (χ2v) is 6.54. The number of nitrogens with zero attached hydrogens (tertiary/aromatic N) is 4. The highest BCUT2D eigenvalue weighted by molar-refractivity contribution is 7.12. The lowest BCUT2D eigenvalue weighted by Crippen LogP contribution is -2.51. The summed E-state index contributed by atoms with van der Waals surface area (Å²) in [4.78, 5) is 27.0. The number of carboxylic acid groups (broad SMARTS) is 1. The van der Waals surface area contributed by atoms with E-state index >= 15 is 0 Å². The molecular formula is C13H14N4O3S. The fourth-order valence-corrected chi connectivity index (χ4v) is 3.27. The molecule has 1 aliphatic rings. The fraction of sp³-hybridized carbons (Fsp3) is 0.385. The van der Waals surface area contributed by atoms with E-state index in [2.05, 4.69) is 10.3 Å². The van der Waals surface area contributed by atoms with Crippen LogP contribution >= 0.6 is 11.3 Å². The van der Waals surface area contributed by atoms with Gasteiger partial charge in [0.05, 0.1) is 17.8 Å². The van der Waals surface area contributed by atoms with Crippen LogP contribution in [0.1, 0.15) is 36.6 Å². The molecule has 1 saturated heterocycles. The van der Waals surface area contributed by atoms with Gasteiger partial charge in [0, 0.05) is 22.8 Å². The average molecular weight is 306 g/mol. The van der Waals surface area contributed by atoms with E-state index in [1.807, 2.05) is 19.9 Å². The number of aromatic nitrogens is 3. The molecule has 8 heteroatoms. The quantitative estimate of drug-likeness (QED) is 0.924. The van der Waals surface area contributed by atoms with Gasteiger partial charge in [-0.15, -0.1) is 16.4 Å². The maximum atomic E-state index is 12.3. The van der Waals surface area contributed by atoms with Crippen LogP contribution < -0.4 is 0 Å². The van der Waals surface area contributed by atoms with Gasteiger partial charge in [0.15, 0.2) is 5.69 Å². The number of thiophene rings is 1. The standard InChI is InChI=1S/C13H14N4O3S/c1-7-3-10(8(2)21-7)12(18)16-4-9(5-16)17-6-11(13(19)20)14-15-17/h3,6,9H,4-5H2,1-2H3,(H,19,20). The summed E-state index contributed by atoms with van der Waals surface area (Å²) >= 11 is 1.61. The van der Waals surface area contributed by atoms with Crippen molar-refractivity contribution in [3.05, 3.63) is 33.3 Å². The number of hydrogen-bond donors (Lipinski definition) is 1. The predicted octanol–water partition coefficient (Wildman–Crippen LogP) is 1.35. The Kier molecular flexibility index (Phi) is 3.25. The second-order valence-electron chi connectivity index (χ2n) is 5.08. The number of rotatable bonds is 3. The summed E-state index contributed by atoms with van der Waals surface area (Å²) < 4.78 is 1.51. The first-order valence-corrected chi connectivity index (χ1v) is 7.29. The third kappa shape index (κ3) is 2.42. The first-order valence-electron chi connectivity index (χ1n) is 6.47. The molecule has 3 rings (SSSR count). The number of aryl methyl sites for hydroxylation is 2. The Morgan fingerprint density at radius 2 is 2.10 bits per heavy atom. The first-order chi connectivity index (χ1) is 9.95. The highest BCUT2D eigenvalue weighted by Crippen LogP contribution is 2.27. The van der Waals surface area contributed by atoms with Gasteiger partial charge in [-0.25, -0.2) is 9.48 Å². The normalized spacial score (nSPS) is 15.0. The lowest BCUT2D eigenvalue weighted by Gasteiger charge is -2.38. The van der Waals surface area contributed by atoms with Crippen molar-refractivity contribution in [2.45, 2.75) is 19.9 Å². The van der Waals surface area contributed by atoms with Crippen molar-refractivity contribution in [1.82, 2.24) is 19.9 Å². The number of carbonyl (C=O) groups is 2. The van der Waals surface area contributed by atoms with Gasteiger partial charge in [0.25, 0.3) is 5.91 Å². The summed E-state index contributed by atoms with van der Waals surface area (Å²) in [5.74, 6) is -1.08. The largest absolute Gasteiger partial charge is 0.476 e. The van der Waals surface area contributed by atoms with Crippen LogP contribution in [0.15, 0.2) is 12.3 Å². The molecule has 0 bridgehead atoms. The zero-order chi connectivity index (χ0) is 15.1. The Morgan fingerprint density at radius 1 is 1.38 bits per heavy atom. The Balaban J connectivity index is 1.66. The summed E-state index contributed by atoms with van der Waals surface area (Å²) in [6.45, 7) is 4.97. The van der Waals surface area contributed by atoms with Gasteiger partial charge < -0.3 is 10.0 Å². The zero-order valence-corrected chi connectivity index (χ0v) is 12.4. The summed E-state index contributed by atoms with van der Waals surface area (Å²) in [6.07, 6.45) is 1.40. The first kappa shape index (κ1) is 13.7. The summed E-state index contributed by atoms with van der Waals surface area (Å²) in [5.41, 5.74) is 0.671. The fourth-order valence-electron chi connectivity index (χ4n) is 2.36. The Labute approximate surface area is 124 Å². The van der Waals surface area contributed by atoms with Crippen LogP contribution in [-0.2, 0) is 0 Å². The summed E-state index contributed by atoms with van der Waals surface area (Å²) in [5, 5.41) is 16.2. The number of amides is 1. The van der Waals surface area contributed by atoms with Crippen LogP contribution in [0.3, 0.4) is 0 Å². The summed E-state index contributed by atoms with van der Waals surface area (Å²) in [6, 6.07) is 1.91. The molecule has 1 aliphatic heterocycles. The van der Waals surface area contributed by atoms with E-state index in [-0.39, 0.29) is 17.6 Å². The lowest BCUT2D eigenvalue weighted by atomic mass is 10.1. The topological polar surface area (TPSA) is 88.3 Å². The minimum Gasteiger partial charge on any atom is -0.476 e. The van der Waals surface area contributed by atoms with Gasteiger partial charge >= 0.3 is 5.97 Å². The minimum absolute atomic E-state index is 0.00501. The molecule has 2 aromatic heterocycles. The van der Waals surface area contributed by atoms with Crippen molar-refractivity contribution in [3.8, 4) is 0 Å². The molecule has 1 fully saturated rings. The number of carboxylic acids is 1. The number of hydrogen-bond acceptors (Lipinski definition) is 5. The molecule has 7 nitrogen and oxygen atoms in total. The van der Waals surface area contributed by atoms with E-state index in [4.69, 9.17) is 5.11 Å². The lowest BCUT2D eigenvalue weighted by molar-refractivity contribution is 0.0497. The third-order valence-electron chi connectivity index (χ3n) is 3.52. The van der Waals surface area contributed by atoms with Crippen molar-refractivity contribution in [2.75, 3.05) is 13.1 Å². The smallest absolute Gasteiger partial charge is 0.358 e. The van der Waals surface area contributed by atoms with Crippen LogP contribution in [0.25, 0.3) is 0 Å². The van der Waals surface area contributed by atoms with E-state index < -0.39 is 5.97 Å². The van der Waals surface area contributed by atoms with Gasteiger partial charge in [-0.1, -0.05) is 5.21 Å². The highest BCUT2D eigenvalue weighted by atomic mass is 32.1. The molecule has 2 aromatic rings. The van der Waals surface area contributed by atoms with Gasteiger partial charge in [-0.2, -0.15) is 0 Å². The Bertz CT molecular complexity index is 715. The highest BCUT2D eigenvalue weighted by Gasteiger charge is 2.34. The molecule has 1 N–H and O–H groups in total. The van der Waals surface area contributed by atoms with Crippen molar-refractivity contribution < 1.29 is 14.7 Å². The monoisotopic (exact) mass is 306 g/mol. The molecule has 0 unspecified atom stereocenters. The Hall–Kier alpha value is -2.22. The van der Waals surface area contributed by atoms with E-state index in [0.717, 1.165) is 15.3 Å². The van der Waals surface area contributed by atoms with Crippen molar-refractivity contribution >= 4 is 23.2 Å². The molecule has 0 radical (unpaired) electrons. The van der Waals surface area contributed by atoms with Crippen LogP contribution in [0, 0.1) is 13.8 Å². The molecule has 110 valence electrons. The predicted molar refractivity (Wildman–Crippen MR) is 75.7 cm³/mol. The summed E-state index contributed by atoms with van der Waals surface area (Å²) in [7, 11) is 0. The van der Waals surface area contributed by atoms with Crippen molar-refractivity contribution in [2.24, 2.45) is 0 Å². The van der Waals surface area contributed by atoms with E-state index in [1.165, 1.54) is 10.9 Å². The SMILES string of the molecule is Cc1cc(C(=O)N2CC(n3cc(C(=O)O)nn3)C2)c(C)s1. The molecule has 3 heterocycles. The molecular weight excluding hydrogens is 292 g/mol. The van der Waals surface area contributed by atoms with Gasteiger partial charge in [-0.05, 0) is 19.9 Å². The minimum atomic E-state index is -1.10. The number of carbonyl (C=O) groups excluding carboxylic acids is 1. The van der Waals surface area contributed by atoms with Crippen LogP contribution in [0.2, 0.25) is 0 Å². The Morgan fingerprint density at radius 3 is 2.62 bits per heavy atom. The van der Waals surface area contributed by atoms with E-state index in [9.17, 15) is 9.59 Å². The molecule has 0 saturated carbocycles. The molecule has 0 aromatic carbocycles. The number of likely N-dealkylation sites (tertiary alicyclic amines) is 1. The average Bonchev–Trinajstić information content (AvgIpc) is 2.94. The van der Waals surface area contributed by atoms with Gasteiger partial charge in [0.1, 0.15) is 0 Å². The van der Waals surface area contributed by atoms with Crippen LogP contribution in [-0.4, -0.2) is 50.0 Å². The maximum Gasteiger partial charge on any atom is 0.358 e. The van der Waals surface area contributed by atoms with Crippen molar-refractivity contribution in [3.63, 3.8) is 0 Å². The molecule has 0 atom stereocenters. The molecule has 1 amide bonds. The van der Waals surface area contributed by atoms with Gasteiger partial charge in [0.2, 0.25) is 0 Å². The zero-order valence-electron chi connectivity index (χ0n) is 11.6. The third-order valence-corrected chi connectivity index (χ3v) is 4.49. The van der Waals surface area contributed by atoms with Crippen LogP contribution in [0.4, 0.5) is 0 Å². The van der Waals surface area contributed by atoms with Gasteiger partial charge in [-0.3, -0.25) is 4.79 Å². The number of aromatic carboxylic acids is 1. The maximum absolute atomic E-state index is 12.3. The second kappa shape index (κ2) is 4.96. The molecule has 21 heavy (non-hydrogen) atoms. The molecule has 0 spiro atoms. The van der Waals surface area contributed by atoms with Crippen LogP contribution in [0.5, 0.6) is 0 Å².